The van der Waals surface area contributed by atoms with Gasteiger partial charge in [0.25, 0.3) is 0 Å². The second kappa shape index (κ2) is 13.0. The predicted molar refractivity (Wildman–Crippen MR) is 138 cm³/mol. The molecule has 1 saturated heterocycles. The number of aliphatic hydroxyl groups is 4. The highest BCUT2D eigenvalue weighted by molar-refractivity contribution is 6.30. The van der Waals surface area contributed by atoms with Crippen LogP contribution in [0.3, 0.4) is 0 Å². The summed E-state index contributed by atoms with van der Waals surface area (Å²) in [6, 6.07) is 18.9. The third-order valence-electron chi connectivity index (χ3n) is 6.04. The fourth-order valence-corrected chi connectivity index (χ4v) is 3.97. The van der Waals surface area contributed by atoms with E-state index in [9.17, 15) is 30.0 Å². The molecule has 11 heteroatoms. The Labute approximate surface area is 228 Å². The van der Waals surface area contributed by atoms with Crippen molar-refractivity contribution in [3.05, 3.63) is 94.5 Å². The Hall–Kier alpha value is -3.51. The number of carbonyl (C=O) groups excluding carboxylic acids is 2. The Kier molecular flexibility index (Phi) is 9.52. The Morgan fingerprint density at radius 3 is 2.28 bits per heavy atom. The van der Waals surface area contributed by atoms with Crippen LogP contribution in [0.25, 0.3) is 0 Å². The SMILES string of the molecule is O=C(COc1ccc(O[C@@H]2O[C@H](COC(=O)c3ccccc3)[C@@H](O)[C@H](O)[C@H]2O)c(CO)c1)c1ccc(Cl)cc1. The number of ether oxygens (including phenoxy) is 4. The van der Waals surface area contributed by atoms with Crippen molar-refractivity contribution in [1.29, 1.82) is 0 Å². The van der Waals surface area contributed by atoms with Gasteiger partial charge < -0.3 is 39.4 Å². The topological polar surface area (TPSA) is 152 Å². The van der Waals surface area contributed by atoms with E-state index in [1.165, 1.54) is 18.2 Å². The number of esters is 1. The van der Waals surface area contributed by atoms with Gasteiger partial charge in [-0.05, 0) is 54.6 Å². The summed E-state index contributed by atoms with van der Waals surface area (Å²) < 4.78 is 22.1. The average Bonchev–Trinajstić information content (AvgIpc) is 2.96. The smallest absolute Gasteiger partial charge is 0.338 e. The van der Waals surface area contributed by atoms with Crippen LogP contribution in [0.2, 0.25) is 5.02 Å². The fourth-order valence-electron chi connectivity index (χ4n) is 3.84. The first-order valence-corrected chi connectivity index (χ1v) is 12.4. The molecule has 4 rings (SSSR count). The number of benzene rings is 3. The van der Waals surface area contributed by atoms with Gasteiger partial charge in [-0.1, -0.05) is 29.8 Å². The van der Waals surface area contributed by atoms with Gasteiger partial charge in [0.1, 0.15) is 42.5 Å². The minimum Gasteiger partial charge on any atom is -0.485 e. The van der Waals surface area contributed by atoms with Gasteiger partial charge in [-0.25, -0.2) is 4.79 Å². The Morgan fingerprint density at radius 2 is 1.59 bits per heavy atom. The maximum atomic E-state index is 12.4. The summed E-state index contributed by atoms with van der Waals surface area (Å²) in [5, 5.41) is 41.5. The molecule has 1 fully saturated rings. The number of hydrogen-bond donors (Lipinski definition) is 4. The summed E-state index contributed by atoms with van der Waals surface area (Å²) in [5.74, 6) is -0.554. The summed E-state index contributed by atoms with van der Waals surface area (Å²) in [6.45, 7) is -1.16. The highest BCUT2D eigenvalue weighted by Crippen LogP contribution is 2.29. The highest BCUT2D eigenvalue weighted by atomic mass is 35.5. The average molecular weight is 559 g/mol. The molecule has 0 spiro atoms. The van der Waals surface area contributed by atoms with Gasteiger partial charge in [0.2, 0.25) is 6.29 Å². The lowest BCUT2D eigenvalue weighted by molar-refractivity contribution is -0.277. The Bertz CT molecular complexity index is 1270. The number of halogens is 1. The Balaban J connectivity index is 1.39. The van der Waals surface area contributed by atoms with Crippen LogP contribution < -0.4 is 9.47 Å². The maximum Gasteiger partial charge on any atom is 0.338 e. The third kappa shape index (κ3) is 7.12. The summed E-state index contributed by atoms with van der Waals surface area (Å²) in [5.41, 5.74) is 0.964. The van der Waals surface area contributed by atoms with E-state index in [4.69, 9.17) is 30.5 Å². The monoisotopic (exact) mass is 558 g/mol. The van der Waals surface area contributed by atoms with Gasteiger partial charge in [-0.3, -0.25) is 4.79 Å². The molecule has 0 aliphatic carbocycles. The van der Waals surface area contributed by atoms with Gasteiger partial charge in [-0.15, -0.1) is 0 Å². The van der Waals surface area contributed by atoms with Gasteiger partial charge >= 0.3 is 5.97 Å². The van der Waals surface area contributed by atoms with Crippen LogP contribution in [-0.4, -0.2) is 76.1 Å². The summed E-state index contributed by atoms with van der Waals surface area (Å²) >= 11 is 5.84. The predicted octanol–water partition coefficient (Wildman–Crippen LogP) is 2.14. The lowest BCUT2D eigenvalue weighted by atomic mass is 9.99. The van der Waals surface area contributed by atoms with E-state index >= 15 is 0 Å². The maximum absolute atomic E-state index is 12.4. The lowest BCUT2D eigenvalue weighted by Gasteiger charge is -2.40. The molecule has 0 radical (unpaired) electrons. The zero-order valence-electron chi connectivity index (χ0n) is 20.6. The minimum atomic E-state index is -1.66. The molecule has 4 N–H and O–H groups in total. The largest absolute Gasteiger partial charge is 0.485 e. The van der Waals surface area contributed by atoms with Crippen molar-refractivity contribution in [3.8, 4) is 11.5 Å². The highest BCUT2D eigenvalue weighted by Gasteiger charge is 2.45. The molecule has 1 aliphatic heterocycles. The van der Waals surface area contributed by atoms with Gasteiger partial charge in [0.15, 0.2) is 12.4 Å². The quantitative estimate of drug-likeness (QED) is 0.215. The lowest BCUT2D eigenvalue weighted by Crippen LogP contribution is -2.60. The molecular weight excluding hydrogens is 532 g/mol. The van der Waals surface area contributed by atoms with Crippen LogP contribution in [0, 0.1) is 0 Å². The van der Waals surface area contributed by atoms with Crippen molar-refractivity contribution in [3.63, 3.8) is 0 Å². The number of aliphatic hydroxyl groups excluding tert-OH is 4. The molecule has 5 atom stereocenters. The molecule has 0 aromatic heterocycles. The van der Waals surface area contributed by atoms with Crippen molar-refractivity contribution in [2.24, 2.45) is 0 Å². The normalized spacial score (nSPS) is 22.6. The molecule has 0 unspecified atom stereocenters. The number of Topliss-reactive ketones (excluding diaryl/α,β-unsaturated/α-hetero) is 1. The molecule has 1 aliphatic rings. The summed E-state index contributed by atoms with van der Waals surface area (Å²) in [6.07, 6.45) is -7.55. The number of carbonyl (C=O) groups is 2. The van der Waals surface area contributed by atoms with E-state index in [-0.39, 0.29) is 29.5 Å². The molecule has 206 valence electrons. The van der Waals surface area contributed by atoms with E-state index in [1.807, 2.05) is 0 Å². The van der Waals surface area contributed by atoms with Crippen LogP contribution in [0.5, 0.6) is 11.5 Å². The summed E-state index contributed by atoms with van der Waals surface area (Å²) in [7, 11) is 0. The van der Waals surface area contributed by atoms with E-state index < -0.39 is 49.9 Å². The zero-order chi connectivity index (χ0) is 27.9. The molecule has 39 heavy (non-hydrogen) atoms. The molecule has 1 heterocycles. The van der Waals surface area contributed by atoms with Crippen molar-refractivity contribution in [1.82, 2.24) is 0 Å². The molecule has 0 amide bonds. The van der Waals surface area contributed by atoms with Crippen LogP contribution in [0.1, 0.15) is 26.3 Å². The minimum absolute atomic E-state index is 0.0987. The number of hydrogen-bond acceptors (Lipinski definition) is 10. The molecule has 0 saturated carbocycles. The second-order valence-electron chi connectivity index (χ2n) is 8.74. The van der Waals surface area contributed by atoms with Crippen molar-refractivity contribution >= 4 is 23.4 Å². The summed E-state index contributed by atoms with van der Waals surface area (Å²) in [4.78, 5) is 24.6. The molecule has 10 nitrogen and oxygen atoms in total. The second-order valence-corrected chi connectivity index (χ2v) is 9.18. The van der Waals surface area contributed by atoms with Crippen LogP contribution in [0.4, 0.5) is 0 Å². The van der Waals surface area contributed by atoms with Crippen LogP contribution >= 0.6 is 11.6 Å². The van der Waals surface area contributed by atoms with Crippen LogP contribution in [0.15, 0.2) is 72.8 Å². The van der Waals surface area contributed by atoms with E-state index in [0.717, 1.165) is 0 Å². The molecule has 3 aromatic rings. The number of ketones is 1. The first-order valence-electron chi connectivity index (χ1n) is 12.0. The van der Waals surface area contributed by atoms with E-state index in [0.29, 0.717) is 16.1 Å². The van der Waals surface area contributed by atoms with Gasteiger partial charge in [-0.2, -0.15) is 0 Å². The van der Waals surface area contributed by atoms with Gasteiger partial charge in [0, 0.05) is 16.1 Å². The third-order valence-corrected chi connectivity index (χ3v) is 6.29. The fraction of sp³-hybridized carbons (Fsp3) is 0.286. The Morgan fingerprint density at radius 1 is 0.872 bits per heavy atom. The molecule has 0 bridgehead atoms. The first kappa shape index (κ1) is 28.5. The van der Waals surface area contributed by atoms with E-state index in [2.05, 4.69) is 0 Å². The van der Waals surface area contributed by atoms with Crippen molar-refractivity contribution in [2.45, 2.75) is 37.3 Å². The standard InChI is InChI=1S/C28H27ClO10/c29-19-8-6-16(7-9-19)21(31)14-36-20-10-11-22(18(12-20)13-30)38-28-26(34)25(33)24(32)23(39-28)15-37-27(35)17-4-2-1-3-5-17/h1-12,23-26,28,30,32-34H,13-15H2/t23-,24-,25+,26-,28-/m1/s1. The molecular formula is C28H27ClO10. The van der Waals surface area contributed by atoms with Gasteiger partial charge in [0.05, 0.1) is 12.2 Å². The first-order chi connectivity index (χ1) is 18.8. The van der Waals surface area contributed by atoms with Crippen LogP contribution in [-0.2, 0) is 16.1 Å². The van der Waals surface area contributed by atoms with Crippen molar-refractivity contribution in [2.75, 3.05) is 13.2 Å². The molecule has 3 aromatic carbocycles. The van der Waals surface area contributed by atoms with Crippen molar-refractivity contribution < 1.29 is 49.0 Å². The number of rotatable bonds is 10. The van der Waals surface area contributed by atoms with E-state index in [1.54, 1.807) is 54.6 Å². The zero-order valence-corrected chi connectivity index (χ0v) is 21.3.